The fourth-order valence-corrected chi connectivity index (χ4v) is 5.21. The molecule has 1 aliphatic heterocycles. The molecule has 1 N–H and O–H groups in total. The third kappa shape index (κ3) is 6.58. The number of amides is 2. The number of aliphatic hydroxyl groups excluding tert-OH is 1. The lowest BCUT2D eigenvalue weighted by Gasteiger charge is -2.38. The van der Waals surface area contributed by atoms with E-state index in [0.29, 0.717) is 18.7 Å². The van der Waals surface area contributed by atoms with Crippen molar-refractivity contribution in [1.82, 2.24) is 14.8 Å². The van der Waals surface area contributed by atoms with E-state index in [1.54, 1.807) is 22.1 Å². The SMILES string of the molecule is C[C@H](CO)N1C[C@H](C)[C@H](CN(C)C(=O)C2CCCCC2)Oc2ncc(/C=C/c3ccccc3)cc2C1=O. The Morgan fingerprint density at radius 1 is 1.19 bits per heavy atom. The number of aromatic nitrogens is 1. The Kier molecular flexibility index (Phi) is 8.98. The zero-order chi connectivity index (χ0) is 26.4. The van der Waals surface area contributed by atoms with Gasteiger partial charge in [0.1, 0.15) is 11.7 Å². The highest BCUT2D eigenvalue weighted by molar-refractivity contribution is 5.97. The van der Waals surface area contributed by atoms with Crippen LogP contribution in [0.15, 0.2) is 42.6 Å². The molecule has 7 nitrogen and oxygen atoms in total. The predicted molar refractivity (Wildman–Crippen MR) is 145 cm³/mol. The van der Waals surface area contributed by atoms with Gasteiger partial charge >= 0.3 is 0 Å². The summed E-state index contributed by atoms with van der Waals surface area (Å²) >= 11 is 0. The maximum Gasteiger partial charge on any atom is 0.259 e. The zero-order valence-electron chi connectivity index (χ0n) is 22.2. The number of carbonyl (C=O) groups is 2. The van der Waals surface area contributed by atoms with Crippen LogP contribution in [0.1, 0.15) is 67.4 Å². The Hall–Kier alpha value is -3.19. The standard InChI is InChI=1S/C30H39N3O4/c1-21-18-33(22(2)20-34)30(36)26-16-24(15-14-23-10-6-4-7-11-23)17-31-28(26)37-27(21)19-32(3)29(35)25-12-8-5-9-13-25/h4,6-7,10-11,14-17,21-22,25,27,34H,5,8-9,12-13,18-20H2,1-3H3/b15-14+/t21-,22+,27-/m0/s1. The maximum atomic E-state index is 13.6. The van der Waals surface area contributed by atoms with Gasteiger partial charge in [-0.15, -0.1) is 0 Å². The van der Waals surface area contributed by atoms with Crippen molar-refractivity contribution in [1.29, 1.82) is 0 Å². The van der Waals surface area contributed by atoms with E-state index in [4.69, 9.17) is 4.74 Å². The molecule has 2 amide bonds. The van der Waals surface area contributed by atoms with Crippen molar-refractivity contribution in [2.75, 3.05) is 26.7 Å². The number of hydrogen-bond acceptors (Lipinski definition) is 5. The Morgan fingerprint density at radius 3 is 2.59 bits per heavy atom. The zero-order valence-corrected chi connectivity index (χ0v) is 22.2. The van der Waals surface area contributed by atoms with E-state index in [1.807, 2.05) is 63.4 Å². The maximum absolute atomic E-state index is 13.6. The summed E-state index contributed by atoms with van der Waals surface area (Å²) in [6.45, 7) is 4.56. The number of aliphatic hydroxyl groups is 1. The second-order valence-corrected chi connectivity index (χ2v) is 10.5. The van der Waals surface area contributed by atoms with Gasteiger partial charge in [0.05, 0.1) is 19.2 Å². The number of likely N-dealkylation sites (N-methyl/N-ethyl adjacent to an activating group) is 1. The summed E-state index contributed by atoms with van der Waals surface area (Å²) < 4.78 is 6.37. The molecule has 0 saturated heterocycles. The topological polar surface area (TPSA) is 83.0 Å². The lowest BCUT2D eigenvalue weighted by Crippen LogP contribution is -2.51. The fraction of sp³-hybridized carbons (Fsp3) is 0.500. The molecule has 7 heteroatoms. The number of nitrogens with zero attached hydrogens (tertiary/aromatic N) is 3. The minimum Gasteiger partial charge on any atom is -0.472 e. The summed E-state index contributed by atoms with van der Waals surface area (Å²) in [7, 11) is 1.84. The van der Waals surface area contributed by atoms with E-state index in [1.165, 1.54) is 6.42 Å². The van der Waals surface area contributed by atoms with Crippen LogP contribution in [0.5, 0.6) is 5.88 Å². The Bertz CT molecular complexity index is 1100. The molecule has 0 unspecified atom stereocenters. The molecule has 4 rings (SSSR count). The van der Waals surface area contributed by atoms with Gasteiger partial charge in [-0.3, -0.25) is 9.59 Å². The summed E-state index contributed by atoms with van der Waals surface area (Å²) in [4.78, 5) is 34.8. The van der Waals surface area contributed by atoms with Crippen molar-refractivity contribution in [3.8, 4) is 5.88 Å². The molecule has 2 aliphatic rings. The Labute approximate surface area is 220 Å². The molecule has 1 fully saturated rings. The number of pyridine rings is 1. The summed E-state index contributed by atoms with van der Waals surface area (Å²) in [6.07, 6.45) is 10.6. The first-order chi connectivity index (χ1) is 17.9. The molecule has 1 saturated carbocycles. The number of rotatable bonds is 7. The number of carbonyl (C=O) groups excluding carboxylic acids is 2. The predicted octanol–water partition coefficient (Wildman–Crippen LogP) is 4.51. The molecule has 2 aromatic rings. The summed E-state index contributed by atoms with van der Waals surface area (Å²) in [5, 5.41) is 9.89. The normalized spacial score (nSPS) is 21.6. The average Bonchev–Trinajstić information content (AvgIpc) is 2.94. The molecule has 1 aromatic carbocycles. The quantitative estimate of drug-likeness (QED) is 0.599. The van der Waals surface area contributed by atoms with Gasteiger partial charge in [0, 0.05) is 31.6 Å². The van der Waals surface area contributed by atoms with Gasteiger partial charge in [0.15, 0.2) is 0 Å². The van der Waals surface area contributed by atoms with Crippen molar-refractivity contribution < 1.29 is 19.4 Å². The number of benzene rings is 1. The highest BCUT2D eigenvalue weighted by Crippen LogP contribution is 2.29. The Balaban J connectivity index is 1.60. The van der Waals surface area contributed by atoms with Crippen molar-refractivity contribution >= 4 is 24.0 Å². The lowest BCUT2D eigenvalue weighted by molar-refractivity contribution is -0.136. The van der Waals surface area contributed by atoms with Gasteiger partial charge < -0.3 is 19.6 Å². The van der Waals surface area contributed by atoms with Crippen molar-refractivity contribution in [2.45, 2.75) is 58.1 Å². The first-order valence-corrected chi connectivity index (χ1v) is 13.4. The Morgan fingerprint density at radius 2 is 1.89 bits per heavy atom. The van der Waals surface area contributed by atoms with Crippen molar-refractivity contribution in [3.63, 3.8) is 0 Å². The molecule has 1 aliphatic carbocycles. The van der Waals surface area contributed by atoms with Crippen LogP contribution in [-0.2, 0) is 4.79 Å². The van der Waals surface area contributed by atoms with Crippen LogP contribution in [-0.4, -0.2) is 70.6 Å². The summed E-state index contributed by atoms with van der Waals surface area (Å²) in [6, 6.07) is 11.4. The minimum absolute atomic E-state index is 0.0628. The molecule has 3 atom stereocenters. The van der Waals surface area contributed by atoms with E-state index in [0.717, 1.165) is 36.8 Å². The molecule has 2 heterocycles. The first kappa shape index (κ1) is 26.9. The van der Waals surface area contributed by atoms with Gasteiger partial charge in [-0.05, 0) is 37.0 Å². The number of hydrogen-bond donors (Lipinski definition) is 1. The van der Waals surface area contributed by atoms with E-state index < -0.39 is 0 Å². The average molecular weight is 506 g/mol. The van der Waals surface area contributed by atoms with E-state index in [9.17, 15) is 14.7 Å². The van der Waals surface area contributed by atoms with Crippen LogP contribution in [0.4, 0.5) is 0 Å². The first-order valence-electron chi connectivity index (χ1n) is 13.4. The van der Waals surface area contributed by atoms with Crippen LogP contribution < -0.4 is 4.74 Å². The van der Waals surface area contributed by atoms with Gasteiger partial charge in [0.2, 0.25) is 11.8 Å². The van der Waals surface area contributed by atoms with Crippen LogP contribution in [0.2, 0.25) is 0 Å². The number of fused-ring (bicyclic) bond motifs is 1. The summed E-state index contributed by atoms with van der Waals surface area (Å²) in [5.74, 6) is 0.249. The third-order valence-electron chi connectivity index (χ3n) is 7.59. The van der Waals surface area contributed by atoms with Gasteiger partial charge in [-0.25, -0.2) is 4.98 Å². The van der Waals surface area contributed by atoms with E-state index in [-0.39, 0.29) is 48.3 Å². The molecule has 1 aromatic heterocycles. The van der Waals surface area contributed by atoms with Crippen LogP contribution >= 0.6 is 0 Å². The van der Waals surface area contributed by atoms with E-state index in [2.05, 4.69) is 4.98 Å². The minimum atomic E-state index is -0.355. The van der Waals surface area contributed by atoms with Crippen molar-refractivity contribution in [2.24, 2.45) is 11.8 Å². The second-order valence-electron chi connectivity index (χ2n) is 10.5. The monoisotopic (exact) mass is 505 g/mol. The smallest absolute Gasteiger partial charge is 0.259 e. The molecule has 198 valence electrons. The van der Waals surface area contributed by atoms with Gasteiger partial charge in [-0.2, -0.15) is 0 Å². The molecule has 37 heavy (non-hydrogen) atoms. The fourth-order valence-electron chi connectivity index (χ4n) is 5.21. The molecular formula is C30H39N3O4. The summed E-state index contributed by atoms with van der Waals surface area (Å²) in [5.41, 5.74) is 2.20. The van der Waals surface area contributed by atoms with Crippen molar-refractivity contribution in [3.05, 3.63) is 59.3 Å². The van der Waals surface area contributed by atoms with E-state index >= 15 is 0 Å². The molecule has 0 spiro atoms. The number of ether oxygens (including phenoxy) is 1. The van der Waals surface area contributed by atoms with Crippen LogP contribution in [0.25, 0.3) is 12.2 Å². The van der Waals surface area contributed by atoms with Gasteiger partial charge in [0.25, 0.3) is 5.91 Å². The molecule has 0 bridgehead atoms. The third-order valence-corrected chi connectivity index (χ3v) is 7.59. The highest BCUT2D eigenvalue weighted by atomic mass is 16.5. The molecule has 0 radical (unpaired) electrons. The molecular weight excluding hydrogens is 466 g/mol. The lowest BCUT2D eigenvalue weighted by atomic mass is 9.88. The highest BCUT2D eigenvalue weighted by Gasteiger charge is 2.35. The van der Waals surface area contributed by atoms with Crippen LogP contribution in [0.3, 0.4) is 0 Å². The second kappa shape index (κ2) is 12.4. The van der Waals surface area contributed by atoms with Gasteiger partial charge in [-0.1, -0.05) is 68.7 Å². The van der Waals surface area contributed by atoms with Crippen LogP contribution in [0, 0.1) is 11.8 Å². The largest absolute Gasteiger partial charge is 0.472 e.